The average molecular weight is 471 g/mol. The topological polar surface area (TPSA) is 101 Å². The van der Waals surface area contributed by atoms with Crippen LogP contribution in [0.5, 0.6) is 0 Å². The molecular formula is C22H38N2O7Si. The van der Waals surface area contributed by atoms with Crippen molar-refractivity contribution in [3.63, 3.8) is 0 Å². The zero-order chi connectivity index (χ0) is 24.3. The molecule has 4 atom stereocenters. The molecule has 0 aliphatic carbocycles. The first-order valence-corrected chi connectivity index (χ1v) is 14.0. The Morgan fingerprint density at radius 2 is 1.75 bits per heavy atom. The summed E-state index contributed by atoms with van der Waals surface area (Å²) in [5.74, 6) is -1.66. The molecule has 0 aromatic carbocycles. The van der Waals surface area contributed by atoms with Crippen molar-refractivity contribution < 1.29 is 23.4 Å². The van der Waals surface area contributed by atoms with Gasteiger partial charge in [-0.1, -0.05) is 20.8 Å². The van der Waals surface area contributed by atoms with E-state index in [9.17, 15) is 9.59 Å². The monoisotopic (exact) mass is 470 g/mol. The van der Waals surface area contributed by atoms with Crippen molar-refractivity contribution in [3.8, 4) is 0 Å². The summed E-state index contributed by atoms with van der Waals surface area (Å²) in [4.78, 5) is 27.3. The van der Waals surface area contributed by atoms with Crippen LogP contribution in [0.1, 0.15) is 60.3 Å². The van der Waals surface area contributed by atoms with Crippen molar-refractivity contribution in [2.75, 3.05) is 6.61 Å². The standard InChI is InChI=1S/C22H38N2O7Si/c1-13-11-24(19(26)23-17(13)25)18(31-32(9,10)20(2,3)4)16-15(29-22(7,8)30-16)14-12-27-21(5,6)28-14/h11,14-16,18H,12H2,1-10H3,(H,23,25,26)/t14-,15-,16+,18-/m1/s1. The Labute approximate surface area is 190 Å². The average Bonchev–Trinajstić information content (AvgIpc) is 3.13. The minimum absolute atomic E-state index is 0.120. The lowest BCUT2D eigenvalue weighted by Gasteiger charge is -2.41. The van der Waals surface area contributed by atoms with Crippen LogP contribution in [0.3, 0.4) is 0 Å². The second-order valence-electron chi connectivity index (χ2n) is 11.2. The lowest BCUT2D eigenvalue weighted by molar-refractivity contribution is -0.175. The van der Waals surface area contributed by atoms with Gasteiger partial charge in [0.1, 0.15) is 18.3 Å². The van der Waals surface area contributed by atoms with Crippen molar-refractivity contribution in [1.82, 2.24) is 9.55 Å². The molecule has 0 unspecified atom stereocenters. The maximum absolute atomic E-state index is 12.9. The summed E-state index contributed by atoms with van der Waals surface area (Å²) in [5.41, 5.74) is -0.572. The van der Waals surface area contributed by atoms with Gasteiger partial charge in [0.25, 0.3) is 5.56 Å². The van der Waals surface area contributed by atoms with Gasteiger partial charge >= 0.3 is 5.69 Å². The number of aromatic nitrogens is 2. The number of aryl methyl sites for hydroxylation is 1. The van der Waals surface area contributed by atoms with Crippen LogP contribution < -0.4 is 11.2 Å². The molecule has 3 rings (SSSR count). The zero-order valence-electron chi connectivity index (χ0n) is 20.9. The van der Waals surface area contributed by atoms with Crippen LogP contribution in [0, 0.1) is 6.92 Å². The fourth-order valence-corrected chi connectivity index (χ4v) is 4.94. The highest BCUT2D eigenvalue weighted by atomic mass is 28.4. The Morgan fingerprint density at radius 3 is 2.28 bits per heavy atom. The Bertz CT molecular complexity index is 960. The Hall–Kier alpha value is -1.30. The molecule has 32 heavy (non-hydrogen) atoms. The third kappa shape index (κ3) is 5.10. The predicted octanol–water partition coefficient (Wildman–Crippen LogP) is 3.04. The summed E-state index contributed by atoms with van der Waals surface area (Å²) in [6.45, 7) is 19.9. The molecule has 2 fully saturated rings. The van der Waals surface area contributed by atoms with Gasteiger partial charge in [0.15, 0.2) is 26.1 Å². The third-order valence-electron chi connectivity index (χ3n) is 6.48. The number of aromatic amines is 1. The lowest BCUT2D eigenvalue weighted by Crippen LogP contribution is -2.52. The normalized spacial score (nSPS) is 28.8. The molecule has 1 aromatic rings. The molecule has 10 heteroatoms. The van der Waals surface area contributed by atoms with Gasteiger partial charge in [-0.05, 0) is 52.8 Å². The van der Waals surface area contributed by atoms with Crippen molar-refractivity contribution >= 4 is 8.32 Å². The number of ether oxygens (including phenoxy) is 4. The minimum atomic E-state index is -2.38. The summed E-state index contributed by atoms with van der Waals surface area (Å²) in [7, 11) is -2.38. The molecule has 1 N–H and O–H groups in total. The second kappa shape index (κ2) is 8.17. The molecule has 0 radical (unpaired) electrons. The molecule has 9 nitrogen and oxygen atoms in total. The second-order valence-corrected chi connectivity index (χ2v) is 15.9. The van der Waals surface area contributed by atoms with Crippen LogP contribution in [0.25, 0.3) is 0 Å². The maximum atomic E-state index is 12.9. The van der Waals surface area contributed by atoms with Gasteiger partial charge < -0.3 is 23.4 Å². The SMILES string of the molecule is Cc1cn([C@H](O[Si](C)(C)C(C)(C)C)[C@H]2OC(C)(C)O[C@@H]2[C@H]2COC(C)(C)O2)c(=O)[nH]c1=O. The summed E-state index contributed by atoms with van der Waals surface area (Å²) in [6.07, 6.45) is -0.897. The van der Waals surface area contributed by atoms with Crippen LogP contribution in [0.4, 0.5) is 0 Å². The van der Waals surface area contributed by atoms with Crippen molar-refractivity contribution in [2.45, 2.75) is 110 Å². The van der Waals surface area contributed by atoms with E-state index >= 15 is 0 Å². The van der Waals surface area contributed by atoms with Gasteiger partial charge in [-0.25, -0.2) is 4.79 Å². The Morgan fingerprint density at radius 1 is 1.12 bits per heavy atom. The Balaban J connectivity index is 2.10. The molecular weight excluding hydrogens is 432 g/mol. The first-order valence-electron chi connectivity index (χ1n) is 11.1. The number of H-pyrrole nitrogens is 1. The fourth-order valence-electron chi connectivity index (χ4n) is 3.74. The molecule has 0 spiro atoms. The summed E-state index contributed by atoms with van der Waals surface area (Å²) in [6, 6.07) is 0. The van der Waals surface area contributed by atoms with E-state index in [1.165, 1.54) is 10.8 Å². The van der Waals surface area contributed by atoms with E-state index in [-0.39, 0.29) is 5.04 Å². The molecule has 2 saturated heterocycles. The first kappa shape index (κ1) is 25.3. The van der Waals surface area contributed by atoms with Gasteiger partial charge in [-0.15, -0.1) is 0 Å². The number of hydrogen-bond acceptors (Lipinski definition) is 7. The molecule has 3 heterocycles. The van der Waals surface area contributed by atoms with Crippen molar-refractivity contribution in [3.05, 3.63) is 32.6 Å². The highest BCUT2D eigenvalue weighted by Crippen LogP contribution is 2.44. The van der Waals surface area contributed by atoms with Crippen LogP contribution >= 0.6 is 0 Å². The van der Waals surface area contributed by atoms with E-state index in [0.29, 0.717) is 12.2 Å². The Kier molecular flexibility index (Phi) is 6.47. The molecule has 182 valence electrons. The van der Waals surface area contributed by atoms with E-state index in [1.807, 2.05) is 27.7 Å². The first-order chi connectivity index (χ1) is 14.4. The van der Waals surface area contributed by atoms with Crippen molar-refractivity contribution in [1.29, 1.82) is 0 Å². The van der Waals surface area contributed by atoms with E-state index in [0.717, 1.165) is 0 Å². The summed E-state index contributed by atoms with van der Waals surface area (Å²) >= 11 is 0. The van der Waals surface area contributed by atoms with Gasteiger partial charge in [0.05, 0.1) is 6.61 Å². The van der Waals surface area contributed by atoms with E-state index < -0.39 is 55.7 Å². The van der Waals surface area contributed by atoms with Crippen molar-refractivity contribution in [2.24, 2.45) is 0 Å². The highest BCUT2D eigenvalue weighted by Gasteiger charge is 2.54. The molecule has 0 saturated carbocycles. The molecule has 2 aliphatic heterocycles. The third-order valence-corrected chi connectivity index (χ3v) is 10.9. The number of rotatable bonds is 5. The highest BCUT2D eigenvalue weighted by molar-refractivity contribution is 6.74. The molecule has 0 amide bonds. The number of hydrogen-bond donors (Lipinski definition) is 1. The van der Waals surface area contributed by atoms with Gasteiger partial charge in [-0.2, -0.15) is 0 Å². The zero-order valence-corrected chi connectivity index (χ0v) is 21.9. The van der Waals surface area contributed by atoms with Crippen LogP contribution in [-0.2, 0) is 23.4 Å². The van der Waals surface area contributed by atoms with Gasteiger partial charge in [0.2, 0.25) is 0 Å². The predicted molar refractivity (Wildman–Crippen MR) is 122 cm³/mol. The largest absolute Gasteiger partial charge is 0.395 e. The van der Waals surface area contributed by atoms with Crippen LogP contribution in [0.15, 0.2) is 15.8 Å². The fraction of sp³-hybridized carbons (Fsp3) is 0.818. The smallest absolute Gasteiger partial charge is 0.330 e. The number of nitrogens with one attached hydrogen (secondary N) is 1. The van der Waals surface area contributed by atoms with E-state index in [2.05, 4.69) is 38.8 Å². The minimum Gasteiger partial charge on any atom is -0.395 e. The molecule has 2 aliphatic rings. The van der Waals surface area contributed by atoms with E-state index in [1.54, 1.807) is 6.92 Å². The summed E-state index contributed by atoms with van der Waals surface area (Å²) in [5, 5.41) is -0.120. The maximum Gasteiger partial charge on any atom is 0.330 e. The van der Waals surface area contributed by atoms with Crippen LogP contribution in [0.2, 0.25) is 18.1 Å². The number of nitrogens with zero attached hydrogens (tertiary/aromatic N) is 1. The molecule has 1 aromatic heterocycles. The summed E-state index contributed by atoms with van der Waals surface area (Å²) < 4.78 is 32.6. The van der Waals surface area contributed by atoms with E-state index in [4.69, 9.17) is 23.4 Å². The molecule has 0 bridgehead atoms. The van der Waals surface area contributed by atoms with Gasteiger partial charge in [-0.3, -0.25) is 14.3 Å². The quantitative estimate of drug-likeness (QED) is 0.660. The van der Waals surface area contributed by atoms with Gasteiger partial charge in [0, 0.05) is 11.8 Å². The van der Waals surface area contributed by atoms with Crippen LogP contribution in [-0.4, -0.2) is 54.4 Å². The lowest BCUT2D eigenvalue weighted by atomic mass is 10.1.